The van der Waals surface area contributed by atoms with Crippen LogP contribution < -0.4 is 15.8 Å². The number of imide groups is 1. The predicted octanol–water partition coefficient (Wildman–Crippen LogP) is 5.76. The predicted molar refractivity (Wildman–Crippen MR) is 241 cm³/mol. The van der Waals surface area contributed by atoms with Crippen molar-refractivity contribution >= 4 is 52.2 Å². The minimum atomic E-state index is -0.599. The number of nitrogen functional groups attached to an aromatic ring is 1. The maximum absolute atomic E-state index is 13.6. The van der Waals surface area contributed by atoms with Gasteiger partial charge in [0.25, 0.3) is 5.91 Å². The lowest BCUT2D eigenvalue weighted by molar-refractivity contribution is -0.137. The molecule has 2 unspecified atom stereocenters. The molecule has 0 aliphatic carbocycles. The fraction of sp³-hybridized carbons (Fsp3) is 0.426. The molecule has 328 valence electrons. The molecule has 4 aliphatic heterocycles. The zero-order chi connectivity index (χ0) is 43.3. The maximum Gasteiger partial charge on any atom is 0.255 e. The highest BCUT2D eigenvalue weighted by atomic mass is 32.2. The van der Waals surface area contributed by atoms with Crippen molar-refractivity contribution in [2.75, 3.05) is 63.8 Å². The summed E-state index contributed by atoms with van der Waals surface area (Å²) in [5.41, 5.74) is 10.4. The van der Waals surface area contributed by atoms with Crippen LogP contribution in [-0.4, -0.2) is 127 Å². The normalized spacial score (nSPS) is 19.7. The zero-order valence-corrected chi connectivity index (χ0v) is 36.3. The van der Waals surface area contributed by atoms with Crippen LogP contribution >= 0.6 is 11.8 Å². The quantitative estimate of drug-likeness (QED) is 0.0742. The van der Waals surface area contributed by atoms with Gasteiger partial charge in [0, 0.05) is 74.7 Å². The average Bonchev–Trinajstić information content (AvgIpc) is 3.86. The van der Waals surface area contributed by atoms with E-state index >= 15 is 0 Å². The van der Waals surface area contributed by atoms with E-state index in [0.717, 1.165) is 111 Å². The minimum absolute atomic E-state index is 0.0249. The highest BCUT2D eigenvalue weighted by Crippen LogP contribution is 2.36. The fourth-order valence-electron chi connectivity index (χ4n) is 9.30. The summed E-state index contributed by atoms with van der Waals surface area (Å²) in [4.78, 5) is 69.5. The highest BCUT2D eigenvalue weighted by molar-refractivity contribution is 7.99. The second-order valence-electron chi connectivity index (χ2n) is 16.9. The van der Waals surface area contributed by atoms with E-state index in [2.05, 4.69) is 31.2 Å². The van der Waals surface area contributed by atoms with Gasteiger partial charge in [0.15, 0.2) is 5.65 Å². The molecule has 2 aromatic heterocycles. The molecule has 3 fully saturated rings. The van der Waals surface area contributed by atoms with Crippen molar-refractivity contribution in [3.63, 3.8) is 0 Å². The first-order valence-electron chi connectivity index (χ1n) is 22.2. The number of piperidine rings is 2. The van der Waals surface area contributed by atoms with Crippen LogP contribution in [0.15, 0.2) is 84.0 Å². The summed E-state index contributed by atoms with van der Waals surface area (Å²) in [6.07, 6.45) is 7.40. The Labute approximate surface area is 371 Å². The number of hydrogen-bond donors (Lipinski definition) is 2. The molecule has 63 heavy (non-hydrogen) atoms. The molecule has 15 nitrogen and oxygen atoms in total. The van der Waals surface area contributed by atoms with Gasteiger partial charge >= 0.3 is 0 Å². The molecule has 4 aliphatic rings. The van der Waals surface area contributed by atoms with Crippen molar-refractivity contribution in [3.05, 3.63) is 90.3 Å². The van der Waals surface area contributed by atoms with Crippen LogP contribution in [0.2, 0.25) is 0 Å². The highest BCUT2D eigenvalue weighted by Gasteiger charge is 2.40. The largest absolute Gasteiger partial charge is 0.457 e. The third-order valence-corrected chi connectivity index (χ3v) is 13.9. The molecule has 4 amide bonds. The number of ether oxygens (including phenoxy) is 1. The van der Waals surface area contributed by atoms with E-state index in [9.17, 15) is 19.2 Å². The number of fused-ring (bicyclic) bond motifs is 2. The Bertz CT molecular complexity index is 2460. The lowest BCUT2D eigenvalue weighted by atomic mass is 10.0. The van der Waals surface area contributed by atoms with Gasteiger partial charge in [0.2, 0.25) is 17.7 Å². The Morgan fingerprint density at radius 1 is 0.841 bits per heavy atom. The lowest BCUT2D eigenvalue weighted by Crippen LogP contribution is -2.52. The summed E-state index contributed by atoms with van der Waals surface area (Å²) < 4.78 is 7.95. The number of para-hydroxylation sites is 1. The molecule has 9 rings (SSSR count). The van der Waals surface area contributed by atoms with Crippen LogP contribution in [0.1, 0.15) is 73.3 Å². The molecule has 0 bridgehead atoms. The van der Waals surface area contributed by atoms with Crippen LogP contribution in [0.25, 0.3) is 22.3 Å². The number of carbonyl (C=O) groups is 4. The molecule has 0 saturated carbocycles. The van der Waals surface area contributed by atoms with E-state index in [0.29, 0.717) is 54.0 Å². The molecule has 3 saturated heterocycles. The summed E-state index contributed by atoms with van der Waals surface area (Å²) in [5.74, 6) is 2.22. The summed E-state index contributed by atoms with van der Waals surface area (Å²) in [7, 11) is 0. The van der Waals surface area contributed by atoms with Crippen LogP contribution in [0.3, 0.4) is 0 Å². The van der Waals surface area contributed by atoms with Gasteiger partial charge in [-0.2, -0.15) is 5.10 Å². The number of amides is 4. The summed E-state index contributed by atoms with van der Waals surface area (Å²) in [5, 5.41) is 8.16. The number of rotatable bonds is 15. The second kappa shape index (κ2) is 19.3. The molecular weight excluding hydrogens is 817 g/mol. The van der Waals surface area contributed by atoms with Crippen molar-refractivity contribution in [3.8, 4) is 22.8 Å². The summed E-state index contributed by atoms with van der Waals surface area (Å²) in [6.45, 7) is 7.76. The van der Waals surface area contributed by atoms with Gasteiger partial charge in [0.05, 0.1) is 11.4 Å². The Morgan fingerprint density at radius 3 is 2.38 bits per heavy atom. The Kier molecular flexibility index (Phi) is 13.0. The topological polar surface area (TPSA) is 172 Å². The maximum atomic E-state index is 13.6. The van der Waals surface area contributed by atoms with Gasteiger partial charge < -0.3 is 30.1 Å². The van der Waals surface area contributed by atoms with Crippen LogP contribution in [-0.2, 0) is 20.9 Å². The van der Waals surface area contributed by atoms with Gasteiger partial charge in [-0.05, 0) is 111 Å². The number of nitrogens with one attached hydrogen (secondary N) is 1. The van der Waals surface area contributed by atoms with Crippen molar-refractivity contribution in [1.29, 1.82) is 0 Å². The number of carbonyl (C=O) groups excluding carboxylic acids is 4. The van der Waals surface area contributed by atoms with E-state index in [4.69, 9.17) is 15.6 Å². The van der Waals surface area contributed by atoms with E-state index < -0.39 is 6.04 Å². The molecule has 16 heteroatoms. The minimum Gasteiger partial charge on any atom is -0.457 e. The number of nitrogens with zero attached hydrogens (tertiary/aromatic N) is 8. The number of piperazine rings is 1. The number of anilines is 1. The van der Waals surface area contributed by atoms with Crippen molar-refractivity contribution in [2.24, 2.45) is 0 Å². The van der Waals surface area contributed by atoms with E-state index in [-0.39, 0.29) is 36.1 Å². The molecule has 3 N–H and O–H groups in total. The van der Waals surface area contributed by atoms with Crippen LogP contribution in [0.4, 0.5) is 5.82 Å². The number of benzene rings is 3. The van der Waals surface area contributed by atoms with Gasteiger partial charge in [-0.25, -0.2) is 14.6 Å². The van der Waals surface area contributed by atoms with Crippen molar-refractivity contribution in [1.82, 2.24) is 44.7 Å². The number of unbranched alkanes of at least 4 members (excludes halogenated alkanes) is 1. The average molecular weight is 871 g/mol. The Balaban J connectivity index is 0.700. The van der Waals surface area contributed by atoms with Crippen LogP contribution in [0, 0.1) is 0 Å². The SMILES string of the molecule is Nc1ncnc2c1c(-c1ccc(Oc3ccccc3)cc1)nn2C1CCCN(C(=O)CCCN2CCN(CCCCSc3cccc4c3CN(C3CCC(=O)NC3=O)C4=O)CC2)C1. The van der Waals surface area contributed by atoms with Gasteiger partial charge in [-0.1, -0.05) is 24.3 Å². The van der Waals surface area contributed by atoms with Crippen LogP contribution in [0.5, 0.6) is 11.5 Å². The Morgan fingerprint density at radius 2 is 1.60 bits per heavy atom. The molecular formula is C47H54N10O5S. The number of nitrogens with two attached hydrogens (primary N) is 1. The first-order chi connectivity index (χ1) is 30.8. The monoisotopic (exact) mass is 870 g/mol. The summed E-state index contributed by atoms with van der Waals surface area (Å²) in [6, 6.07) is 22.7. The zero-order valence-electron chi connectivity index (χ0n) is 35.5. The third-order valence-electron chi connectivity index (χ3n) is 12.7. The van der Waals surface area contributed by atoms with Crippen molar-refractivity contribution in [2.45, 2.75) is 74.9 Å². The number of thioether (sulfide) groups is 1. The number of aromatic nitrogens is 4. The lowest BCUT2D eigenvalue weighted by Gasteiger charge is -2.35. The number of hydrogen-bond acceptors (Lipinski definition) is 12. The molecule has 0 spiro atoms. The first-order valence-corrected chi connectivity index (χ1v) is 23.2. The molecule has 2 atom stereocenters. The van der Waals surface area contributed by atoms with Gasteiger partial charge in [-0.3, -0.25) is 24.5 Å². The molecule has 6 heterocycles. The molecule has 3 aromatic carbocycles. The smallest absolute Gasteiger partial charge is 0.255 e. The number of likely N-dealkylation sites (tertiary alicyclic amines) is 1. The molecule has 5 aromatic rings. The third kappa shape index (κ3) is 9.58. The van der Waals surface area contributed by atoms with Gasteiger partial charge in [-0.15, -0.1) is 11.8 Å². The standard InChI is InChI=1S/C47H54N10O5S/c48-44-42-43(32-15-17-35(18-16-32)62-34-10-2-1-3-11-34)52-57(45(42)50-31-49-44)33-9-7-23-55(29-33)41(59)14-8-22-54-26-24-53(25-27-54)21-4-5-28-63-39-13-6-12-36-37(39)30-56(47(36)61)38-19-20-40(58)51-46(38)60/h1-3,6,10-13,15-18,31,33,38H,4-5,7-9,14,19-30H2,(H2,48,49,50)(H,51,58,60). The van der Waals surface area contributed by atoms with E-state index in [1.807, 2.05) is 76.3 Å². The Hall–Kier alpha value is -5.84. The van der Waals surface area contributed by atoms with E-state index in [1.165, 1.54) is 6.33 Å². The van der Waals surface area contributed by atoms with Crippen molar-refractivity contribution < 1.29 is 23.9 Å². The first kappa shape index (κ1) is 42.5. The summed E-state index contributed by atoms with van der Waals surface area (Å²) >= 11 is 1.78. The molecule has 0 radical (unpaired) electrons. The fourth-order valence-corrected chi connectivity index (χ4v) is 10.4. The second-order valence-corrected chi connectivity index (χ2v) is 18.0. The van der Waals surface area contributed by atoms with E-state index in [1.54, 1.807) is 16.7 Å². The van der Waals surface area contributed by atoms with Gasteiger partial charge in [0.1, 0.15) is 35.4 Å².